The zero-order chi connectivity index (χ0) is 22.5. The highest BCUT2D eigenvalue weighted by atomic mass is 32.2. The van der Waals surface area contributed by atoms with Gasteiger partial charge in [-0.05, 0) is 44.3 Å². The number of hydrogen-bond acceptors (Lipinski definition) is 4. The van der Waals surface area contributed by atoms with Gasteiger partial charge in [-0.2, -0.15) is 17.9 Å². The van der Waals surface area contributed by atoms with Crippen LogP contribution in [0, 0.1) is 0 Å². The number of halogens is 3. The Morgan fingerprint density at radius 1 is 1.03 bits per heavy atom. The molecule has 1 atom stereocenters. The van der Waals surface area contributed by atoms with Gasteiger partial charge in [0.1, 0.15) is 0 Å². The van der Waals surface area contributed by atoms with Crippen LogP contribution in [-0.2, 0) is 34.1 Å². The van der Waals surface area contributed by atoms with Crippen LogP contribution < -0.4 is 10.0 Å². The van der Waals surface area contributed by atoms with Gasteiger partial charge in [0.25, 0.3) is 0 Å². The third-order valence-corrected chi connectivity index (χ3v) is 5.86. The molecule has 0 aliphatic carbocycles. The molecule has 6 nitrogen and oxygen atoms in total. The Kier molecular flexibility index (Phi) is 7.62. The summed E-state index contributed by atoms with van der Waals surface area (Å²) in [5.74, 6) is -0.650. The molecule has 1 amide bonds. The summed E-state index contributed by atoms with van der Waals surface area (Å²) in [6, 6.07) is 10.0. The molecule has 0 bridgehead atoms. The van der Waals surface area contributed by atoms with Crippen molar-refractivity contribution in [3.8, 4) is 0 Å². The number of nitrogens with zero attached hydrogens (tertiary/aromatic N) is 1. The lowest BCUT2D eigenvalue weighted by molar-refractivity contribution is -0.139. The van der Waals surface area contributed by atoms with E-state index in [4.69, 9.17) is 0 Å². The topological polar surface area (TPSA) is 78.5 Å². The van der Waals surface area contributed by atoms with Crippen LogP contribution in [0.25, 0.3) is 0 Å². The van der Waals surface area contributed by atoms with E-state index in [9.17, 15) is 26.4 Å². The first-order valence-electron chi connectivity index (χ1n) is 9.09. The molecular weight excluding hydrogens is 419 g/mol. The molecule has 164 valence electrons. The second-order valence-electron chi connectivity index (χ2n) is 7.06. The van der Waals surface area contributed by atoms with Gasteiger partial charge in [0.05, 0.1) is 16.5 Å². The fourth-order valence-electron chi connectivity index (χ4n) is 2.85. The second kappa shape index (κ2) is 9.59. The Morgan fingerprint density at radius 3 is 2.20 bits per heavy atom. The van der Waals surface area contributed by atoms with Crippen molar-refractivity contribution in [2.75, 3.05) is 14.1 Å². The van der Waals surface area contributed by atoms with E-state index in [1.807, 2.05) is 48.0 Å². The van der Waals surface area contributed by atoms with Crippen molar-refractivity contribution in [1.82, 2.24) is 14.9 Å². The van der Waals surface area contributed by atoms with Gasteiger partial charge in [0.2, 0.25) is 15.9 Å². The minimum atomic E-state index is -4.84. The maximum Gasteiger partial charge on any atom is 0.417 e. The molecule has 0 aromatic heterocycles. The van der Waals surface area contributed by atoms with Crippen molar-refractivity contribution in [2.45, 2.75) is 37.1 Å². The average Bonchev–Trinajstić information content (AvgIpc) is 2.65. The summed E-state index contributed by atoms with van der Waals surface area (Å²) < 4.78 is 66.4. The van der Waals surface area contributed by atoms with Gasteiger partial charge in [-0.15, -0.1) is 0 Å². The smallest absolute Gasteiger partial charge is 0.351 e. The van der Waals surface area contributed by atoms with E-state index in [0.29, 0.717) is 12.6 Å². The minimum Gasteiger partial charge on any atom is -0.351 e. The van der Waals surface area contributed by atoms with Crippen molar-refractivity contribution >= 4 is 15.9 Å². The number of sulfonamides is 1. The van der Waals surface area contributed by atoms with E-state index >= 15 is 0 Å². The van der Waals surface area contributed by atoms with Gasteiger partial charge in [-0.25, -0.2) is 8.42 Å². The quantitative estimate of drug-likeness (QED) is 0.658. The van der Waals surface area contributed by atoms with Crippen molar-refractivity contribution in [3.05, 3.63) is 65.2 Å². The van der Waals surface area contributed by atoms with Crippen LogP contribution in [0.5, 0.6) is 0 Å². The van der Waals surface area contributed by atoms with Crippen molar-refractivity contribution in [2.24, 2.45) is 0 Å². The predicted octanol–water partition coefficient (Wildman–Crippen LogP) is 2.75. The van der Waals surface area contributed by atoms with Crippen LogP contribution in [0.3, 0.4) is 0 Å². The van der Waals surface area contributed by atoms with Crippen LogP contribution >= 0.6 is 0 Å². The first kappa shape index (κ1) is 23.8. The third-order valence-electron chi connectivity index (χ3n) is 4.27. The van der Waals surface area contributed by atoms with Crippen LogP contribution in [-0.4, -0.2) is 39.4 Å². The largest absolute Gasteiger partial charge is 0.417 e. The van der Waals surface area contributed by atoms with Gasteiger partial charge in [0.15, 0.2) is 0 Å². The van der Waals surface area contributed by atoms with Gasteiger partial charge >= 0.3 is 6.18 Å². The van der Waals surface area contributed by atoms with Crippen molar-refractivity contribution in [1.29, 1.82) is 0 Å². The molecule has 0 unspecified atom stereocenters. The molecule has 2 aromatic carbocycles. The van der Waals surface area contributed by atoms with Gasteiger partial charge in [-0.1, -0.05) is 36.4 Å². The lowest BCUT2D eigenvalue weighted by atomic mass is 10.1. The first-order valence-corrected chi connectivity index (χ1v) is 10.6. The Bertz CT molecular complexity index is 992. The first-order chi connectivity index (χ1) is 13.9. The number of benzene rings is 2. The number of rotatable bonds is 8. The van der Waals surface area contributed by atoms with Gasteiger partial charge in [-0.3, -0.25) is 4.79 Å². The Morgan fingerprint density at radius 2 is 1.60 bits per heavy atom. The predicted molar refractivity (Wildman–Crippen MR) is 107 cm³/mol. The number of carbonyl (C=O) groups is 1. The summed E-state index contributed by atoms with van der Waals surface area (Å²) in [5, 5.41) is 2.62. The van der Waals surface area contributed by atoms with E-state index in [0.717, 1.165) is 23.3 Å². The second-order valence-corrected chi connectivity index (χ2v) is 8.74. The maximum absolute atomic E-state index is 13.1. The molecule has 0 aliphatic heterocycles. The summed E-state index contributed by atoms with van der Waals surface area (Å²) in [4.78, 5) is 13.4. The number of hydrogen-bond donors (Lipinski definition) is 2. The molecule has 0 saturated carbocycles. The van der Waals surface area contributed by atoms with Gasteiger partial charge < -0.3 is 10.2 Å². The monoisotopic (exact) mass is 443 g/mol. The van der Waals surface area contributed by atoms with E-state index in [1.165, 1.54) is 13.0 Å². The zero-order valence-corrected chi connectivity index (χ0v) is 17.6. The Labute approximate surface area is 174 Å². The SMILES string of the molecule is C[C@H](NS(=O)(=O)c1ccccc1C(F)(F)F)C(=O)NCc1ccccc1CN(C)C. The molecule has 0 heterocycles. The molecule has 2 N–H and O–H groups in total. The molecule has 0 radical (unpaired) electrons. The van der Waals surface area contributed by atoms with E-state index < -0.39 is 38.6 Å². The van der Waals surface area contributed by atoms with Crippen LogP contribution in [0.2, 0.25) is 0 Å². The van der Waals surface area contributed by atoms with Crippen LogP contribution in [0.4, 0.5) is 13.2 Å². The molecule has 2 aromatic rings. The summed E-state index contributed by atoms with van der Waals surface area (Å²) >= 11 is 0. The standard InChI is InChI=1S/C20H24F3N3O3S/c1-14(19(27)24-12-15-8-4-5-9-16(15)13-26(2)3)25-30(28,29)18-11-7-6-10-17(18)20(21,22)23/h4-11,14,25H,12-13H2,1-3H3,(H,24,27)/t14-/m0/s1. The van der Waals surface area contributed by atoms with Gasteiger partial charge in [0, 0.05) is 13.1 Å². The summed E-state index contributed by atoms with van der Waals surface area (Å²) in [5.41, 5.74) is 0.565. The maximum atomic E-state index is 13.1. The highest BCUT2D eigenvalue weighted by Crippen LogP contribution is 2.33. The fraction of sp³-hybridized carbons (Fsp3) is 0.350. The van der Waals surface area contributed by atoms with Crippen molar-refractivity contribution < 1.29 is 26.4 Å². The summed E-state index contributed by atoms with van der Waals surface area (Å²) in [6.07, 6.45) is -4.84. The summed E-state index contributed by atoms with van der Waals surface area (Å²) in [7, 11) is -0.747. The number of carbonyl (C=O) groups excluding carboxylic acids is 1. The molecule has 0 saturated heterocycles. The fourth-order valence-corrected chi connectivity index (χ4v) is 4.28. The normalized spacial score (nSPS) is 13.3. The summed E-state index contributed by atoms with van der Waals surface area (Å²) in [6.45, 7) is 2.09. The molecule has 0 fully saturated rings. The molecular formula is C20H24F3N3O3S. The number of nitrogens with one attached hydrogen (secondary N) is 2. The molecule has 0 aliphatic rings. The van der Waals surface area contributed by atoms with E-state index in [1.54, 1.807) is 0 Å². The minimum absolute atomic E-state index is 0.161. The average molecular weight is 443 g/mol. The lowest BCUT2D eigenvalue weighted by Gasteiger charge is -2.18. The van der Waals surface area contributed by atoms with E-state index in [2.05, 4.69) is 5.32 Å². The molecule has 2 rings (SSSR count). The highest BCUT2D eigenvalue weighted by Gasteiger charge is 2.37. The Hall–Kier alpha value is -2.43. The highest BCUT2D eigenvalue weighted by molar-refractivity contribution is 7.89. The lowest BCUT2D eigenvalue weighted by Crippen LogP contribution is -2.44. The Balaban J connectivity index is 2.10. The third kappa shape index (κ3) is 6.28. The molecule has 10 heteroatoms. The van der Waals surface area contributed by atoms with Crippen molar-refractivity contribution in [3.63, 3.8) is 0 Å². The van der Waals surface area contributed by atoms with E-state index in [-0.39, 0.29) is 6.54 Å². The number of alkyl halides is 3. The zero-order valence-electron chi connectivity index (χ0n) is 16.8. The van der Waals surface area contributed by atoms with Crippen LogP contribution in [0.15, 0.2) is 53.4 Å². The molecule has 30 heavy (non-hydrogen) atoms. The molecule has 0 spiro atoms. The number of amides is 1. The van der Waals surface area contributed by atoms with Crippen LogP contribution in [0.1, 0.15) is 23.6 Å².